The first-order valence-corrected chi connectivity index (χ1v) is 7.05. The molecule has 2 N–H and O–H groups in total. The van der Waals surface area contributed by atoms with Gasteiger partial charge in [-0.05, 0) is 25.5 Å². The molecule has 0 bridgehead atoms. The maximum Gasteiger partial charge on any atom is 0.311 e. The van der Waals surface area contributed by atoms with Gasteiger partial charge in [-0.2, -0.15) is 0 Å². The molecule has 0 saturated carbocycles. The standard InChI is InChI=1S/C14H19N3O5/c1-21-13-7-11(4-5-12(13)17(19)20)22-9-14(18)16-10-3-2-6-15-8-10/h4-5,7,10,15H,2-3,6,8-9H2,1H3,(H,16,18). The fourth-order valence-electron chi connectivity index (χ4n) is 2.29. The zero-order valence-electron chi connectivity index (χ0n) is 12.3. The second kappa shape index (κ2) is 7.60. The molecule has 0 aliphatic carbocycles. The Bertz CT molecular complexity index is 543. The van der Waals surface area contributed by atoms with Crippen molar-refractivity contribution < 1.29 is 19.2 Å². The number of nitro groups is 1. The summed E-state index contributed by atoms with van der Waals surface area (Å²) in [5.74, 6) is 0.227. The van der Waals surface area contributed by atoms with E-state index in [1.165, 1.54) is 25.3 Å². The molecule has 2 rings (SSSR count). The number of hydrogen-bond donors (Lipinski definition) is 2. The summed E-state index contributed by atoms with van der Waals surface area (Å²) in [7, 11) is 1.34. The lowest BCUT2D eigenvalue weighted by Crippen LogP contribution is -2.46. The molecule has 1 saturated heterocycles. The van der Waals surface area contributed by atoms with Gasteiger partial charge in [-0.15, -0.1) is 0 Å². The maximum absolute atomic E-state index is 11.8. The first-order valence-electron chi connectivity index (χ1n) is 7.05. The maximum atomic E-state index is 11.8. The van der Waals surface area contributed by atoms with Gasteiger partial charge in [0.15, 0.2) is 6.61 Å². The molecule has 120 valence electrons. The van der Waals surface area contributed by atoms with E-state index in [-0.39, 0.29) is 30.0 Å². The van der Waals surface area contributed by atoms with E-state index in [1.807, 2.05) is 0 Å². The Morgan fingerprint density at radius 3 is 3.00 bits per heavy atom. The summed E-state index contributed by atoms with van der Waals surface area (Å²) >= 11 is 0. The highest BCUT2D eigenvalue weighted by atomic mass is 16.6. The fraction of sp³-hybridized carbons (Fsp3) is 0.500. The first-order chi connectivity index (χ1) is 10.6. The Kier molecular flexibility index (Phi) is 5.54. The van der Waals surface area contributed by atoms with Crippen molar-refractivity contribution in [3.8, 4) is 11.5 Å². The summed E-state index contributed by atoms with van der Waals surface area (Å²) in [5.41, 5.74) is -0.146. The predicted molar refractivity (Wildman–Crippen MR) is 79.2 cm³/mol. The van der Waals surface area contributed by atoms with E-state index in [9.17, 15) is 14.9 Å². The van der Waals surface area contributed by atoms with Crippen LogP contribution in [0, 0.1) is 10.1 Å². The summed E-state index contributed by atoms with van der Waals surface area (Å²) < 4.78 is 10.3. The zero-order chi connectivity index (χ0) is 15.9. The number of nitro benzene ring substituents is 1. The Morgan fingerprint density at radius 2 is 2.36 bits per heavy atom. The van der Waals surface area contributed by atoms with E-state index in [4.69, 9.17) is 9.47 Å². The number of amides is 1. The van der Waals surface area contributed by atoms with Crippen LogP contribution in [0.3, 0.4) is 0 Å². The smallest absolute Gasteiger partial charge is 0.311 e. The third-order valence-corrected chi connectivity index (χ3v) is 3.38. The number of benzene rings is 1. The van der Waals surface area contributed by atoms with Crippen LogP contribution in [-0.2, 0) is 4.79 Å². The summed E-state index contributed by atoms with van der Waals surface area (Å²) in [6, 6.07) is 4.25. The Labute approximate surface area is 127 Å². The lowest BCUT2D eigenvalue weighted by atomic mass is 10.1. The molecule has 1 heterocycles. The molecular weight excluding hydrogens is 290 g/mol. The van der Waals surface area contributed by atoms with Gasteiger partial charge in [0.2, 0.25) is 5.75 Å². The van der Waals surface area contributed by atoms with Crippen molar-refractivity contribution in [3.63, 3.8) is 0 Å². The highest BCUT2D eigenvalue weighted by molar-refractivity contribution is 5.77. The van der Waals surface area contributed by atoms with Crippen molar-refractivity contribution in [1.29, 1.82) is 0 Å². The minimum atomic E-state index is -0.536. The Balaban J connectivity index is 1.88. The lowest BCUT2D eigenvalue weighted by Gasteiger charge is -2.23. The third-order valence-electron chi connectivity index (χ3n) is 3.38. The van der Waals surface area contributed by atoms with Crippen LogP contribution in [0.4, 0.5) is 5.69 Å². The predicted octanol–water partition coefficient (Wildman–Crippen LogP) is 0.850. The highest BCUT2D eigenvalue weighted by Crippen LogP contribution is 2.30. The van der Waals surface area contributed by atoms with Crippen LogP contribution in [0.25, 0.3) is 0 Å². The van der Waals surface area contributed by atoms with Gasteiger partial charge in [0, 0.05) is 24.7 Å². The van der Waals surface area contributed by atoms with Gasteiger partial charge >= 0.3 is 5.69 Å². The SMILES string of the molecule is COc1cc(OCC(=O)NC2CCCNC2)ccc1[N+](=O)[O-]. The van der Waals surface area contributed by atoms with Crippen LogP contribution in [-0.4, -0.2) is 43.7 Å². The van der Waals surface area contributed by atoms with Crippen molar-refractivity contribution in [2.24, 2.45) is 0 Å². The van der Waals surface area contributed by atoms with Crippen LogP contribution in [0.5, 0.6) is 11.5 Å². The normalized spacial score (nSPS) is 17.6. The summed E-state index contributed by atoms with van der Waals surface area (Å²) in [6.45, 7) is 1.60. The first kappa shape index (κ1) is 16.0. The highest BCUT2D eigenvalue weighted by Gasteiger charge is 2.17. The van der Waals surface area contributed by atoms with E-state index in [1.54, 1.807) is 0 Å². The van der Waals surface area contributed by atoms with Crippen LogP contribution < -0.4 is 20.1 Å². The molecule has 1 unspecified atom stereocenters. The molecule has 0 spiro atoms. The second-order valence-corrected chi connectivity index (χ2v) is 4.99. The number of carbonyl (C=O) groups excluding carboxylic acids is 1. The molecule has 1 amide bonds. The third kappa shape index (κ3) is 4.32. The van der Waals surface area contributed by atoms with Crippen molar-refractivity contribution >= 4 is 11.6 Å². The van der Waals surface area contributed by atoms with Gasteiger partial charge < -0.3 is 20.1 Å². The van der Waals surface area contributed by atoms with Gasteiger partial charge in [0.25, 0.3) is 5.91 Å². The van der Waals surface area contributed by atoms with Gasteiger partial charge in [0.05, 0.1) is 12.0 Å². The van der Waals surface area contributed by atoms with Gasteiger partial charge in [-0.1, -0.05) is 0 Å². The number of nitrogens with one attached hydrogen (secondary N) is 2. The van der Waals surface area contributed by atoms with Crippen LogP contribution in [0.15, 0.2) is 18.2 Å². The fourth-order valence-corrected chi connectivity index (χ4v) is 2.29. The largest absolute Gasteiger partial charge is 0.490 e. The monoisotopic (exact) mass is 309 g/mol. The lowest BCUT2D eigenvalue weighted by molar-refractivity contribution is -0.385. The average Bonchev–Trinajstić information content (AvgIpc) is 2.53. The van der Waals surface area contributed by atoms with Crippen molar-refractivity contribution in [2.75, 3.05) is 26.8 Å². The number of rotatable bonds is 6. The van der Waals surface area contributed by atoms with Crippen LogP contribution in [0.1, 0.15) is 12.8 Å². The molecule has 1 aliphatic heterocycles. The Hall–Kier alpha value is -2.35. The molecule has 0 radical (unpaired) electrons. The summed E-state index contributed by atoms with van der Waals surface area (Å²) in [4.78, 5) is 22.1. The number of carbonyl (C=O) groups is 1. The minimum absolute atomic E-state index is 0.0967. The molecule has 1 fully saturated rings. The topological polar surface area (TPSA) is 103 Å². The van der Waals surface area contributed by atoms with Gasteiger partial charge in [-0.3, -0.25) is 14.9 Å². The molecule has 1 atom stereocenters. The van der Waals surface area contributed by atoms with Crippen molar-refractivity contribution in [2.45, 2.75) is 18.9 Å². The zero-order valence-corrected chi connectivity index (χ0v) is 12.3. The van der Waals surface area contributed by atoms with Crippen molar-refractivity contribution in [3.05, 3.63) is 28.3 Å². The van der Waals surface area contributed by atoms with Gasteiger partial charge in [-0.25, -0.2) is 0 Å². The number of ether oxygens (including phenoxy) is 2. The quantitative estimate of drug-likeness (QED) is 0.596. The van der Waals surface area contributed by atoms with E-state index >= 15 is 0 Å². The number of methoxy groups -OCH3 is 1. The molecule has 0 aromatic heterocycles. The van der Waals surface area contributed by atoms with Crippen LogP contribution in [0.2, 0.25) is 0 Å². The molecule has 22 heavy (non-hydrogen) atoms. The van der Waals surface area contributed by atoms with Crippen LogP contribution >= 0.6 is 0 Å². The van der Waals surface area contributed by atoms with E-state index in [0.717, 1.165) is 25.9 Å². The van der Waals surface area contributed by atoms with Crippen molar-refractivity contribution in [1.82, 2.24) is 10.6 Å². The molecule has 8 heteroatoms. The summed E-state index contributed by atoms with van der Waals surface area (Å²) in [5, 5.41) is 16.9. The Morgan fingerprint density at radius 1 is 1.55 bits per heavy atom. The minimum Gasteiger partial charge on any atom is -0.490 e. The number of piperidine rings is 1. The molecular formula is C14H19N3O5. The second-order valence-electron chi connectivity index (χ2n) is 4.99. The van der Waals surface area contributed by atoms with Gasteiger partial charge in [0.1, 0.15) is 5.75 Å². The average molecular weight is 309 g/mol. The number of hydrogen-bond acceptors (Lipinski definition) is 6. The summed E-state index contributed by atoms with van der Waals surface area (Å²) in [6.07, 6.45) is 1.98. The molecule has 1 aromatic rings. The molecule has 8 nitrogen and oxygen atoms in total. The molecule has 1 aromatic carbocycles. The van der Waals surface area contributed by atoms with E-state index in [2.05, 4.69) is 10.6 Å². The van der Waals surface area contributed by atoms with E-state index < -0.39 is 4.92 Å². The van der Waals surface area contributed by atoms with E-state index in [0.29, 0.717) is 5.75 Å². The number of nitrogens with zero attached hydrogens (tertiary/aromatic N) is 1. The molecule has 1 aliphatic rings.